The van der Waals surface area contributed by atoms with Crippen LogP contribution in [0.4, 0.5) is 5.69 Å². The van der Waals surface area contributed by atoms with E-state index in [0.29, 0.717) is 6.42 Å². The van der Waals surface area contributed by atoms with E-state index in [0.717, 1.165) is 5.56 Å². The van der Waals surface area contributed by atoms with Crippen molar-refractivity contribution in [2.75, 3.05) is 0 Å². The summed E-state index contributed by atoms with van der Waals surface area (Å²) in [6.07, 6.45) is 0.839. The highest BCUT2D eigenvalue weighted by Gasteiger charge is 2.11. The third-order valence-electron chi connectivity index (χ3n) is 3.37. The highest BCUT2D eigenvalue weighted by Crippen LogP contribution is 2.11. The minimum Gasteiger partial charge on any atom is -0.298 e. The lowest BCUT2D eigenvalue weighted by Crippen LogP contribution is -2.48. The van der Waals surface area contributed by atoms with Crippen molar-refractivity contribution in [1.29, 1.82) is 0 Å². The normalized spacial score (nSPS) is 9.85. The van der Waals surface area contributed by atoms with Crippen LogP contribution in [-0.2, 0) is 11.2 Å². The van der Waals surface area contributed by atoms with Gasteiger partial charge in [0.1, 0.15) is 0 Å². The summed E-state index contributed by atoms with van der Waals surface area (Å²) in [6.45, 7) is 0. The number of nitrogens with one attached hydrogen (secondary N) is 3. The van der Waals surface area contributed by atoms with Crippen molar-refractivity contribution in [3.63, 3.8) is 0 Å². The van der Waals surface area contributed by atoms with Crippen LogP contribution in [0.2, 0.25) is 0 Å². The number of benzene rings is 2. The lowest BCUT2D eigenvalue weighted by molar-refractivity contribution is -0.384. The molecule has 0 aliphatic carbocycles. The number of nitro benzene ring substituents is 1. The second-order valence-electron chi connectivity index (χ2n) is 5.25. The largest absolute Gasteiger partial charge is 0.298 e. The van der Waals surface area contributed by atoms with Gasteiger partial charge < -0.3 is 0 Å². The molecule has 0 spiro atoms. The van der Waals surface area contributed by atoms with Gasteiger partial charge in [0, 0.05) is 24.1 Å². The summed E-state index contributed by atoms with van der Waals surface area (Å²) in [5.41, 5.74) is 5.96. The number of hydrogen-bond acceptors (Lipinski definition) is 5. The third kappa shape index (κ3) is 5.95. The Labute approximate surface area is 154 Å². The van der Waals surface area contributed by atoms with E-state index in [1.54, 1.807) is 0 Å². The van der Waals surface area contributed by atoms with E-state index in [-0.39, 0.29) is 28.7 Å². The van der Waals surface area contributed by atoms with E-state index in [1.807, 2.05) is 30.3 Å². The first kappa shape index (κ1) is 19.0. The number of non-ortho nitro benzene ring substituents is 1. The van der Waals surface area contributed by atoms with E-state index < -0.39 is 10.8 Å². The first-order valence-corrected chi connectivity index (χ1v) is 8.05. The van der Waals surface area contributed by atoms with Crippen LogP contribution in [0.15, 0.2) is 54.6 Å². The molecule has 0 saturated carbocycles. The fraction of sp³-hybridized carbons (Fsp3) is 0.118. The van der Waals surface area contributed by atoms with Gasteiger partial charge in [0.2, 0.25) is 5.91 Å². The number of amides is 2. The Bertz CT molecular complexity index is 809. The smallest absolute Gasteiger partial charge is 0.269 e. The zero-order chi connectivity index (χ0) is 18.9. The molecule has 0 unspecified atom stereocenters. The fourth-order valence-corrected chi connectivity index (χ4v) is 2.18. The van der Waals surface area contributed by atoms with Gasteiger partial charge in [-0.1, -0.05) is 30.3 Å². The van der Waals surface area contributed by atoms with Crippen molar-refractivity contribution < 1.29 is 14.5 Å². The Kier molecular flexibility index (Phi) is 6.75. The Morgan fingerprint density at radius 2 is 1.65 bits per heavy atom. The maximum absolute atomic E-state index is 12.0. The zero-order valence-corrected chi connectivity index (χ0v) is 14.4. The van der Waals surface area contributed by atoms with Crippen LogP contribution in [0.1, 0.15) is 22.3 Å². The quantitative estimate of drug-likeness (QED) is 0.419. The average molecular weight is 372 g/mol. The first-order chi connectivity index (χ1) is 12.5. The minimum absolute atomic E-state index is 0.0820. The van der Waals surface area contributed by atoms with Gasteiger partial charge in [-0.3, -0.25) is 35.9 Å². The summed E-state index contributed by atoms with van der Waals surface area (Å²) < 4.78 is 0. The second-order valence-corrected chi connectivity index (χ2v) is 5.65. The molecule has 134 valence electrons. The summed E-state index contributed by atoms with van der Waals surface area (Å²) in [6, 6.07) is 14.6. The number of carbonyl (C=O) groups is 2. The minimum atomic E-state index is -0.557. The molecule has 3 N–H and O–H groups in total. The van der Waals surface area contributed by atoms with Crippen LogP contribution in [-0.4, -0.2) is 21.9 Å². The number of aryl methyl sites for hydroxylation is 1. The molecular formula is C17H16N4O4S. The molecule has 2 aromatic rings. The number of nitro groups is 1. The predicted octanol–water partition coefficient (Wildman–Crippen LogP) is 1.86. The van der Waals surface area contributed by atoms with Crippen LogP contribution in [0.3, 0.4) is 0 Å². The standard InChI is InChI=1S/C17H16N4O4S/c22-15(11-6-12-4-2-1-3-5-12)19-20-17(26)18-16(23)13-7-9-14(10-8-13)21(24)25/h1-5,7-10H,6,11H2,(H,19,22)(H2,18,20,23,26). The van der Waals surface area contributed by atoms with E-state index in [1.165, 1.54) is 24.3 Å². The lowest BCUT2D eigenvalue weighted by atomic mass is 10.1. The number of nitrogens with zero attached hydrogens (tertiary/aromatic N) is 1. The molecule has 26 heavy (non-hydrogen) atoms. The highest BCUT2D eigenvalue weighted by molar-refractivity contribution is 7.80. The van der Waals surface area contributed by atoms with Crippen molar-refractivity contribution in [2.45, 2.75) is 12.8 Å². The molecule has 8 nitrogen and oxygen atoms in total. The molecule has 2 aromatic carbocycles. The summed E-state index contributed by atoms with van der Waals surface area (Å²) in [7, 11) is 0. The molecule has 0 radical (unpaired) electrons. The summed E-state index contributed by atoms with van der Waals surface area (Å²) in [5, 5.41) is 12.9. The van der Waals surface area contributed by atoms with Crippen LogP contribution in [0, 0.1) is 10.1 Å². The maximum atomic E-state index is 12.0. The molecule has 0 aromatic heterocycles. The highest BCUT2D eigenvalue weighted by atomic mass is 32.1. The van der Waals surface area contributed by atoms with Crippen molar-refractivity contribution in [3.8, 4) is 0 Å². The molecule has 0 aliphatic rings. The fourth-order valence-electron chi connectivity index (χ4n) is 2.03. The van der Waals surface area contributed by atoms with Crippen LogP contribution >= 0.6 is 12.2 Å². The molecular weight excluding hydrogens is 356 g/mol. The van der Waals surface area contributed by atoms with Gasteiger partial charge in [-0.2, -0.15) is 0 Å². The number of rotatable bonds is 5. The van der Waals surface area contributed by atoms with Gasteiger partial charge in [0.05, 0.1) is 4.92 Å². The molecule has 0 bridgehead atoms. The van der Waals surface area contributed by atoms with Crippen LogP contribution in [0.5, 0.6) is 0 Å². The van der Waals surface area contributed by atoms with Crippen molar-refractivity contribution in [1.82, 2.24) is 16.2 Å². The third-order valence-corrected chi connectivity index (χ3v) is 3.57. The van der Waals surface area contributed by atoms with E-state index >= 15 is 0 Å². The topological polar surface area (TPSA) is 113 Å². The summed E-state index contributed by atoms with van der Waals surface area (Å²) in [5.74, 6) is -0.822. The van der Waals surface area contributed by atoms with E-state index in [9.17, 15) is 19.7 Å². The Morgan fingerprint density at radius 3 is 2.27 bits per heavy atom. The van der Waals surface area contributed by atoms with Gasteiger partial charge >= 0.3 is 0 Å². The molecule has 0 saturated heterocycles. The van der Waals surface area contributed by atoms with Gasteiger partial charge in [0.25, 0.3) is 11.6 Å². The lowest BCUT2D eigenvalue weighted by Gasteiger charge is -2.10. The zero-order valence-electron chi connectivity index (χ0n) is 13.6. The summed E-state index contributed by atoms with van der Waals surface area (Å²) in [4.78, 5) is 33.8. The van der Waals surface area contributed by atoms with Crippen molar-refractivity contribution >= 4 is 34.8 Å². The van der Waals surface area contributed by atoms with E-state index in [2.05, 4.69) is 16.2 Å². The number of hydrogen-bond donors (Lipinski definition) is 3. The van der Waals surface area contributed by atoms with Crippen LogP contribution < -0.4 is 16.2 Å². The van der Waals surface area contributed by atoms with Crippen molar-refractivity contribution in [2.24, 2.45) is 0 Å². The van der Waals surface area contributed by atoms with Gasteiger partial charge in [-0.25, -0.2) is 0 Å². The average Bonchev–Trinajstić information content (AvgIpc) is 2.65. The van der Waals surface area contributed by atoms with Gasteiger partial charge in [-0.05, 0) is 36.3 Å². The molecule has 9 heteroatoms. The Balaban J connectivity index is 1.74. The molecule has 2 rings (SSSR count). The van der Waals surface area contributed by atoms with Crippen molar-refractivity contribution in [3.05, 3.63) is 75.8 Å². The summed E-state index contributed by atoms with van der Waals surface area (Å²) >= 11 is 4.93. The second kappa shape index (κ2) is 9.23. The first-order valence-electron chi connectivity index (χ1n) is 7.64. The predicted molar refractivity (Wildman–Crippen MR) is 99.2 cm³/mol. The molecule has 0 atom stereocenters. The SMILES string of the molecule is O=C(CCc1ccccc1)NNC(=S)NC(=O)c1ccc([N+](=O)[O-])cc1. The molecule has 0 aliphatic heterocycles. The van der Waals surface area contributed by atoms with E-state index in [4.69, 9.17) is 12.2 Å². The molecule has 0 fully saturated rings. The Hall–Kier alpha value is -3.33. The monoisotopic (exact) mass is 372 g/mol. The maximum Gasteiger partial charge on any atom is 0.269 e. The van der Waals surface area contributed by atoms with Crippen LogP contribution in [0.25, 0.3) is 0 Å². The van der Waals surface area contributed by atoms with Gasteiger partial charge in [0.15, 0.2) is 5.11 Å². The molecule has 2 amide bonds. The number of carbonyl (C=O) groups excluding carboxylic acids is 2. The molecule has 0 heterocycles. The number of hydrazine groups is 1. The Morgan fingerprint density at radius 1 is 1.00 bits per heavy atom. The van der Waals surface area contributed by atoms with Gasteiger partial charge in [-0.15, -0.1) is 0 Å². The number of thiocarbonyl (C=S) groups is 1.